The average Bonchev–Trinajstić information content (AvgIpc) is 2.86. The van der Waals surface area contributed by atoms with E-state index in [4.69, 9.17) is 4.42 Å². The first-order valence-electron chi connectivity index (χ1n) is 5.30. The first kappa shape index (κ1) is 10.9. The van der Waals surface area contributed by atoms with E-state index >= 15 is 0 Å². The van der Waals surface area contributed by atoms with Crippen molar-refractivity contribution in [2.75, 3.05) is 0 Å². The minimum absolute atomic E-state index is 0.451. The minimum Gasteiger partial charge on any atom is -0.469 e. The summed E-state index contributed by atoms with van der Waals surface area (Å²) in [6, 6.07) is 1.83. The first-order valence-corrected chi connectivity index (χ1v) is 5.30. The fourth-order valence-electron chi connectivity index (χ4n) is 1.64. The summed E-state index contributed by atoms with van der Waals surface area (Å²) in [5.74, 6) is 1.58. The Hall–Kier alpha value is -1.62. The molecule has 0 saturated carbocycles. The van der Waals surface area contributed by atoms with Gasteiger partial charge in [-0.1, -0.05) is 0 Å². The first-order chi connectivity index (χ1) is 7.70. The number of hydrogen-bond acceptors (Lipinski definition) is 4. The van der Waals surface area contributed by atoms with Crippen LogP contribution in [0.2, 0.25) is 0 Å². The number of aryl methyl sites for hydroxylation is 2. The molecular formula is C11H15N3O2. The van der Waals surface area contributed by atoms with Gasteiger partial charge in [0.05, 0.1) is 12.4 Å². The molecule has 0 bridgehead atoms. The van der Waals surface area contributed by atoms with Crippen molar-refractivity contribution in [3.8, 4) is 0 Å². The van der Waals surface area contributed by atoms with Crippen LogP contribution < -0.4 is 0 Å². The van der Waals surface area contributed by atoms with Crippen LogP contribution in [0, 0.1) is 6.92 Å². The smallest absolute Gasteiger partial charge is 0.138 e. The molecule has 0 saturated heterocycles. The summed E-state index contributed by atoms with van der Waals surface area (Å²) in [6.07, 6.45) is 2.94. The van der Waals surface area contributed by atoms with Crippen LogP contribution in [0.5, 0.6) is 0 Å². The van der Waals surface area contributed by atoms with Crippen molar-refractivity contribution in [1.82, 2.24) is 14.8 Å². The number of aliphatic hydroxyl groups excluding tert-OH is 1. The van der Waals surface area contributed by atoms with E-state index in [2.05, 4.69) is 10.1 Å². The molecule has 2 rings (SSSR count). The van der Waals surface area contributed by atoms with Crippen LogP contribution in [0.3, 0.4) is 0 Å². The number of furan rings is 1. The van der Waals surface area contributed by atoms with Crippen molar-refractivity contribution in [2.24, 2.45) is 0 Å². The lowest BCUT2D eigenvalue weighted by Gasteiger charge is -2.08. The number of aromatic nitrogens is 3. The van der Waals surface area contributed by atoms with E-state index in [1.807, 2.05) is 19.9 Å². The Balaban J connectivity index is 2.10. The molecule has 2 aromatic heterocycles. The highest BCUT2D eigenvalue weighted by atomic mass is 16.3. The van der Waals surface area contributed by atoms with Crippen molar-refractivity contribution in [3.05, 3.63) is 35.8 Å². The predicted molar refractivity (Wildman–Crippen MR) is 57.8 cm³/mol. The van der Waals surface area contributed by atoms with Gasteiger partial charge in [-0.15, -0.1) is 0 Å². The predicted octanol–water partition coefficient (Wildman–Crippen LogP) is 1.48. The van der Waals surface area contributed by atoms with Gasteiger partial charge in [-0.05, 0) is 19.9 Å². The van der Waals surface area contributed by atoms with Crippen LogP contribution in [-0.2, 0) is 13.0 Å². The highest BCUT2D eigenvalue weighted by Gasteiger charge is 2.14. The molecule has 0 aromatic carbocycles. The van der Waals surface area contributed by atoms with E-state index in [0.717, 1.165) is 23.7 Å². The van der Waals surface area contributed by atoms with Gasteiger partial charge < -0.3 is 9.52 Å². The van der Waals surface area contributed by atoms with Gasteiger partial charge in [0.15, 0.2) is 0 Å². The lowest BCUT2D eigenvalue weighted by atomic mass is 10.1. The Bertz CT molecular complexity index is 461. The Morgan fingerprint density at radius 3 is 3.00 bits per heavy atom. The molecule has 5 heteroatoms. The molecule has 0 aliphatic rings. The maximum absolute atomic E-state index is 9.98. The largest absolute Gasteiger partial charge is 0.469 e. The molecule has 2 heterocycles. The second-order valence-corrected chi connectivity index (χ2v) is 3.70. The molecule has 1 unspecified atom stereocenters. The Kier molecular flexibility index (Phi) is 3.05. The Labute approximate surface area is 93.7 Å². The lowest BCUT2D eigenvalue weighted by Crippen LogP contribution is -2.09. The van der Waals surface area contributed by atoms with Crippen molar-refractivity contribution in [2.45, 2.75) is 32.9 Å². The molecule has 0 amide bonds. The minimum atomic E-state index is -0.591. The number of nitrogens with zero attached hydrogens (tertiary/aromatic N) is 3. The zero-order valence-corrected chi connectivity index (χ0v) is 9.42. The van der Waals surface area contributed by atoms with Crippen LogP contribution in [0.25, 0.3) is 0 Å². The van der Waals surface area contributed by atoms with Crippen LogP contribution in [-0.4, -0.2) is 19.9 Å². The topological polar surface area (TPSA) is 64.1 Å². The summed E-state index contributed by atoms with van der Waals surface area (Å²) in [7, 11) is 0. The third-order valence-electron chi connectivity index (χ3n) is 2.51. The normalized spacial score (nSPS) is 12.9. The quantitative estimate of drug-likeness (QED) is 0.849. The van der Waals surface area contributed by atoms with Gasteiger partial charge in [0.25, 0.3) is 0 Å². The SMILES string of the molecule is CCn1ncnc1CC(O)c1coc(C)c1. The molecule has 0 spiro atoms. The summed E-state index contributed by atoms with van der Waals surface area (Å²) in [5, 5.41) is 14.0. The van der Waals surface area contributed by atoms with Crippen LogP contribution in [0.15, 0.2) is 23.1 Å². The van der Waals surface area contributed by atoms with Crippen molar-refractivity contribution in [3.63, 3.8) is 0 Å². The number of rotatable bonds is 4. The van der Waals surface area contributed by atoms with Gasteiger partial charge in [-0.3, -0.25) is 4.68 Å². The molecule has 1 N–H and O–H groups in total. The lowest BCUT2D eigenvalue weighted by molar-refractivity contribution is 0.173. The molecule has 0 fully saturated rings. The van der Waals surface area contributed by atoms with E-state index in [0.29, 0.717) is 6.42 Å². The van der Waals surface area contributed by atoms with E-state index in [1.54, 1.807) is 10.9 Å². The zero-order chi connectivity index (χ0) is 11.5. The van der Waals surface area contributed by atoms with Crippen LogP contribution in [0.4, 0.5) is 0 Å². The highest BCUT2D eigenvalue weighted by Crippen LogP contribution is 2.19. The number of hydrogen-bond donors (Lipinski definition) is 1. The molecule has 0 aliphatic heterocycles. The second kappa shape index (κ2) is 4.49. The molecule has 0 radical (unpaired) electrons. The van der Waals surface area contributed by atoms with Gasteiger partial charge >= 0.3 is 0 Å². The van der Waals surface area contributed by atoms with Crippen molar-refractivity contribution < 1.29 is 9.52 Å². The summed E-state index contributed by atoms with van der Waals surface area (Å²) in [6.45, 7) is 4.60. The summed E-state index contributed by atoms with van der Waals surface area (Å²) in [4.78, 5) is 4.12. The van der Waals surface area contributed by atoms with Gasteiger partial charge in [-0.2, -0.15) is 5.10 Å². The molecule has 2 aromatic rings. The zero-order valence-electron chi connectivity index (χ0n) is 9.42. The average molecular weight is 221 g/mol. The second-order valence-electron chi connectivity index (χ2n) is 3.70. The fraction of sp³-hybridized carbons (Fsp3) is 0.455. The number of aliphatic hydroxyl groups is 1. The maximum atomic E-state index is 9.98. The van der Waals surface area contributed by atoms with E-state index in [-0.39, 0.29) is 0 Å². The van der Waals surface area contributed by atoms with E-state index in [9.17, 15) is 5.11 Å². The van der Waals surface area contributed by atoms with E-state index < -0.39 is 6.10 Å². The van der Waals surface area contributed by atoms with Crippen LogP contribution in [0.1, 0.15) is 30.2 Å². The molecule has 86 valence electrons. The van der Waals surface area contributed by atoms with Gasteiger partial charge in [0.1, 0.15) is 17.9 Å². The molecule has 1 atom stereocenters. The Morgan fingerprint density at radius 1 is 1.56 bits per heavy atom. The maximum Gasteiger partial charge on any atom is 0.138 e. The van der Waals surface area contributed by atoms with Crippen molar-refractivity contribution >= 4 is 0 Å². The van der Waals surface area contributed by atoms with Gasteiger partial charge in [0.2, 0.25) is 0 Å². The van der Waals surface area contributed by atoms with E-state index in [1.165, 1.54) is 6.33 Å². The fourth-order valence-corrected chi connectivity index (χ4v) is 1.64. The van der Waals surface area contributed by atoms with Gasteiger partial charge in [0, 0.05) is 18.5 Å². The summed E-state index contributed by atoms with van der Waals surface area (Å²) < 4.78 is 6.93. The third-order valence-corrected chi connectivity index (χ3v) is 2.51. The van der Waals surface area contributed by atoms with Crippen molar-refractivity contribution in [1.29, 1.82) is 0 Å². The molecule has 0 aliphatic carbocycles. The standard InChI is InChI=1S/C11H15N3O2/c1-3-14-11(12-7-13-14)5-10(15)9-4-8(2)16-6-9/h4,6-7,10,15H,3,5H2,1-2H3. The molecule has 16 heavy (non-hydrogen) atoms. The van der Waals surface area contributed by atoms with Crippen LogP contribution >= 0.6 is 0 Å². The summed E-state index contributed by atoms with van der Waals surface area (Å²) >= 11 is 0. The van der Waals surface area contributed by atoms with Gasteiger partial charge in [-0.25, -0.2) is 4.98 Å². The molecular weight excluding hydrogens is 206 g/mol. The highest BCUT2D eigenvalue weighted by molar-refractivity contribution is 5.15. The Morgan fingerprint density at radius 2 is 2.38 bits per heavy atom. The molecule has 5 nitrogen and oxygen atoms in total. The monoisotopic (exact) mass is 221 g/mol. The summed E-state index contributed by atoms with van der Waals surface area (Å²) in [5.41, 5.74) is 0.781. The third kappa shape index (κ3) is 2.14.